The Morgan fingerprint density at radius 1 is 1.03 bits per heavy atom. The van der Waals surface area contributed by atoms with Gasteiger partial charge in [-0.3, -0.25) is 14.5 Å². The van der Waals surface area contributed by atoms with Crippen molar-refractivity contribution in [3.05, 3.63) is 74.7 Å². The molecular weight excluding hydrogens is 506 g/mol. The molecule has 0 spiro atoms. The molecule has 5 rings (SSSR count). The summed E-state index contributed by atoms with van der Waals surface area (Å²) in [6, 6.07) is 15.7. The third-order valence-electron chi connectivity index (χ3n) is 7.19. The van der Waals surface area contributed by atoms with Gasteiger partial charge in [0, 0.05) is 36.6 Å². The summed E-state index contributed by atoms with van der Waals surface area (Å²) >= 11 is 7.24. The Kier molecular flexibility index (Phi) is 8.17. The number of rotatable bonds is 8. The predicted molar refractivity (Wildman–Crippen MR) is 147 cm³/mol. The summed E-state index contributed by atoms with van der Waals surface area (Å²) in [6.45, 7) is 6.02. The highest BCUT2D eigenvalue weighted by molar-refractivity contribution is 7.13. The van der Waals surface area contributed by atoms with Crippen LogP contribution in [0.25, 0.3) is 0 Å². The number of carbonyl (C=O) groups is 2. The van der Waals surface area contributed by atoms with Crippen LogP contribution < -0.4 is 10.2 Å². The molecule has 37 heavy (non-hydrogen) atoms. The summed E-state index contributed by atoms with van der Waals surface area (Å²) in [6.07, 6.45) is 4.30. The molecule has 2 fully saturated rings. The highest BCUT2D eigenvalue weighted by Gasteiger charge is 2.32. The summed E-state index contributed by atoms with van der Waals surface area (Å²) in [5.74, 6) is 0.562. The average Bonchev–Trinajstić information content (AvgIpc) is 3.52. The number of anilines is 1. The lowest BCUT2D eigenvalue weighted by Gasteiger charge is -2.30. The molecule has 1 atom stereocenters. The minimum Gasteiger partial charge on any atom is -0.345 e. The molecule has 3 heterocycles. The quantitative estimate of drug-likeness (QED) is 0.449. The highest BCUT2D eigenvalue weighted by Crippen LogP contribution is 2.24. The summed E-state index contributed by atoms with van der Waals surface area (Å²) in [5, 5.41) is 13.1. The molecule has 2 amide bonds. The van der Waals surface area contributed by atoms with Crippen molar-refractivity contribution in [1.82, 2.24) is 20.4 Å². The number of nitrogens with one attached hydrogen (secondary N) is 1. The third kappa shape index (κ3) is 6.74. The van der Waals surface area contributed by atoms with E-state index in [-0.39, 0.29) is 24.3 Å². The number of nitrogens with zero attached hydrogens (tertiary/aromatic N) is 4. The Balaban J connectivity index is 1.11. The summed E-state index contributed by atoms with van der Waals surface area (Å²) in [7, 11) is 0. The second kappa shape index (κ2) is 11.7. The molecule has 1 aromatic heterocycles. The Morgan fingerprint density at radius 2 is 1.73 bits per heavy atom. The number of piperidine rings is 1. The summed E-state index contributed by atoms with van der Waals surface area (Å²) in [4.78, 5) is 29.7. The monoisotopic (exact) mass is 537 g/mol. The van der Waals surface area contributed by atoms with Crippen molar-refractivity contribution in [2.45, 2.75) is 51.6 Å². The maximum absolute atomic E-state index is 12.8. The van der Waals surface area contributed by atoms with Crippen molar-refractivity contribution in [2.75, 3.05) is 24.5 Å². The van der Waals surface area contributed by atoms with Crippen LogP contribution in [0.4, 0.5) is 5.69 Å². The van der Waals surface area contributed by atoms with E-state index in [0.717, 1.165) is 48.2 Å². The van der Waals surface area contributed by atoms with Gasteiger partial charge in [0.05, 0.1) is 6.04 Å². The second-order valence-electron chi connectivity index (χ2n) is 10.1. The molecule has 1 N–H and O–H groups in total. The normalized spacial score (nSPS) is 18.9. The van der Waals surface area contributed by atoms with Gasteiger partial charge in [0.2, 0.25) is 10.9 Å². The molecule has 0 unspecified atom stereocenters. The Bertz CT molecular complexity index is 1220. The van der Waals surface area contributed by atoms with E-state index < -0.39 is 0 Å². The van der Waals surface area contributed by atoms with Crippen LogP contribution in [0.3, 0.4) is 0 Å². The van der Waals surface area contributed by atoms with Crippen molar-refractivity contribution >= 4 is 40.4 Å². The number of hydrogen-bond donors (Lipinski definition) is 1. The van der Waals surface area contributed by atoms with Crippen molar-refractivity contribution < 1.29 is 9.59 Å². The smallest absolute Gasteiger partial charge is 0.282 e. The van der Waals surface area contributed by atoms with Crippen LogP contribution in [0.15, 0.2) is 48.5 Å². The first kappa shape index (κ1) is 25.8. The maximum atomic E-state index is 12.8. The highest BCUT2D eigenvalue weighted by atomic mass is 35.5. The zero-order valence-corrected chi connectivity index (χ0v) is 22.6. The topological polar surface area (TPSA) is 78.4 Å². The number of carbonyl (C=O) groups excluding carboxylic acids is 2. The van der Waals surface area contributed by atoms with Crippen LogP contribution in [0, 0.1) is 5.92 Å². The van der Waals surface area contributed by atoms with Gasteiger partial charge in [0.1, 0.15) is 5.01 Å². The number of likely N-dealkylation sites (tertiary alicyclic amines) is 1. The zero-order valence-electron chi connectivity index (χ0n) is 21.0. The second-order valence-corrected chi connectivity index (χ2v) is 11.6. The Morgan fingerprint density at radius 3 is 2.46 bits per heavy atom. The number of aromatic nitrogens is 2. The number of hydrogen-bond acceptors (Lipinski definition) is 6. The van der Waals surface area contributed by atoms with E-state index in [0.29, 0.717) is 23.0 Å². The minimum atomic E-state index is -0.277. The van der Waals surface area contributed by atoms with E-state index in [1.54, 1.807) is 4.90 Å². The molecule has 7 nitrogen and oxygen atoms in total. The number of aryl methyl sites for hydroxylation is 2. The van der Waals surface area contributed by atoms with Crippen LogP contribution >= 0.6 is 22.9 Å². The molecule has 0 saturated carbocycles. The van der Waals surface area contributed by atoms with Crippen LogP contribution in [0.1, 0.15) is 52.1 Å². The van der Waals surface area contributed by atoms with Gasteiger partial charge in [-0.15, -0.1) is 10.2 Å². The number of benzene rings is 2. The van der Waals surface area contributed by atoms with Gasteiger partial charge in [-0.1, -0.05) is 54.1 Å². The lowest BCUT2D eigenvalue weighted by atomic mass is 9.99. The minimum absolute atomic E-state index is 0.0176. The number of halogens is 1. The summed E-state index contributed by atoms with van der Waals surface area (Å²) < 4.78 is 0. The van der Waals surface area contributed by atoms with Gasteiger partial charge in [0.15, 0.2) is 0 Å². The van der Waals surface area contributed by atoms with E-state index in [1.807, 2.05) is 36.4 Å². The molecule has 2 aliphatic heterocycles. The molecule has 2 aromatic carbocycles. The van der Waals surface area contributed by atoms with Gasteiger partial charge in [0.25, 0.3) is 5.91 Å². The lowest BCUT2D eigenvalue weighted by molar-refractivity contribution is -0.117. The van der Waals surface area contributed by atoms with Crippen LogP contribution in [-0.4, -0.2) is 52.6 Å². The van der Waals surface area contributed by atoms with Gasteiger partial charge in [-0.05, 0) is 73.7 Å². The fourth-order valence-electron chi connectivity index (χ4n) is 4.91. The molecule has 0 bridgehead atoms. The lowest BCUT2D eigenvalue weighted by Crippen LogP contribution is -2.37. The molecule has 3 aromatic rings. The SMILES string of the molecule is CC1CCN(Cc2ccc(N3C[C@H](NC(=O)c4nnc(CCc5ccc(Cl)cc5)s4)CC3=O)cc2)CC1. The van der Waals surface area contributed by atoms with Crippen molar-refractivity contribution in [1.29, 1.82) is 0 Å². The molecule has 2 aliphatic rings. The van der Waals surface area contributed by atoms with E-state index in [4.69, 9.17) is 11.6 Å². The molecule has 2 saturated heterocycles. The average molecular weight is 538 g/mol. The van der Waals surface area contributed by atoms with Crippen molar-refractivity contribution in [3.63, 3.8) is 0 Å². The van der Waals surface area contributed by atoms with E-state index in [2.05, 4.69) is 39.5 Å². The van der Waals surface area contributed by atoms with Gasteiger partial charge < -0.3 is 10.2 Å². The first-order chi connectivity index (χ1) is 17.9. The maximum Gasteiger partial charge on any atom is 0.282 e. The zero-order chi connectivity index (χ0) is 25.8. The van der Waals surface area contributed by atoms with Gasteiger partial charge in [-0.2, -0.15) is 0 Å². The standard InChI is InChI=1S/C28H32ClN5O2S/c1-19-12-14-33(15-13-19)17-21-4-9-24(10-5-21)34-18-23(16-26(34)35)30-27(36)28-32-31-25(37-28)11-6-20-2-7-22(29)8-3-20/h2-5,7-10,19,23H,6,11-18H2,1H3,(H,30,36)/t23-/m1/s1. The van der Waals surface area contributed by atoms with E-state index in [9.17, 15) is 9.59 Å². The molecule has 194 valence electrons. The fraction of sp³-hybridized carbons (Fsp3) is 0.429. The Labute approximate surface area is 226 Å². The number of amides is 2. The molecule has 0 radical (unpaired) electrons. The Hall–Kier alpha value is -2.81. The first-order valence-electron chi connectivity index (χ1n) is 12.9. The van der Waals surface area contributed by atoms with Crippen molar-refractivity contribution in [3.8, 4) is 0 Å². The van der Waals surface area contributed by atoms with Gasteiger partial charge in [-0.25, -0.2) is 0 Å². The van der Waals surface area contributed by atoms with E-state index >= 15 is 0 Å². The molecule has 0 aliphatic carbocycles. The molecular formula is C28H32ClN5O2S. The van der Waals surface area contributed by atoms with E-state index in [1.165, 1.54) is 29.7 Å². The summed E-state index contributed by atoms with van der Waals surface area (Å²) in [5.41, 5.74) is 3.29. The van der Waals surface area contributed by atoms with Crippen LogP contribution in [-0.2, 0) is 24.2 Å². The van der Waals surface area contributed by atoms with Crippen LogP contribution in [0.2, 0.25) is 5.02 Å². The van der Waals surface area contributed by atoms with Crippen molar-refractivity contribution in [2.24, 2.45) is 5.92 Å². The molecule has 9 heteroatoms. The third-order valence-corrected chi connectivity index (χ3v) is 8.43. The predicted octanol–water partition coefficient (Wildman–Crippen LogP) is 4.74. The fourth-order valence-corrected chi connectivity index (χ4v) is 5.78. The van der Waals surface area contributed by atoms with Crippen LogP contribution in [0.5, 0.6) is 0 Å². The largest absolute Gasteiger partial charge is 0.345 e. The van der Waals surface area contributed by atoms with Gasteiger partial charge >= 0.3 is 0 Å². The first-order valence-corrected chi connectivity index (χ1v) is 14.1.